The minimum atomic E-state index is -0.888. The van der Waals surface area contributed by atoms with Crippen LogP contribution in [0, 0.1) is 11.3 Å². The molecule has 1 rings (SSSR count). The molecule has 0 aliphatic carbocycles. The summed E-state index contributed by atoms with van der Waals surface area (Å²) in [6.45, 7) is 5.25. The van der Waals surface area contributed by atoms with Gasteiger partial charge >= 0.3 is 18.1 Å². The molecular formula is C13H20O7. The van der Waals surface area contributed by atoms with Crippen molar-refractivity contribution in [2.75, 3.05) is 13.2 Å². The SMILES string of the molecule is CC(CC(C)(C)CC(=O)OCC1COC(=O)O1)C(=O)O. The van der Waals surface area contributed by atoms with Crippen LogP contribution in [0.3, 0.4) is 0 Å². The van der Waals surface area contributed by atoms with Crippen molar-refractivity contribution in [1.29, 1.82) is 0 Å². The number of esters is 1. The van der Waals surface area contributed by atoms with Crippen LogP contribution in [0.1, 0.15) is 33.6 Å². The Balaban J connectivity index is 2.33. The molecule has 0 aromatic rings. The standard InChI is InChI=1S/C13H20O7/c1-8(11(15)16)4-13(2,3)5-10(14)18-6-9-7-19-12(17)20-9/h8-9H,4-7H2,1-3H3,(H,15,16). The van der Waals surface area contributed by atoms with E-state index >= 15 is 0 Å². The van der Waals surface area contributed by atoms with E-state index in [4.69, 9.17) is 14.6 Å². The first-order valence-electron chi connectivity index (χ1n) is 6.41. The highest BCUT2D eigenvalue weighted by atomic mass is 16.8. The Hall–Kier alpha value is -1.79. The molecule has 1 heterocycles. The highest BCUT2D eigenvalue weighted by molar-refractivity contribution is 5.71. The first-order valence-corrected chi connectivity index (χ1v) is 6.41. The van der Waals surface area contributed by atoms with Crippen LogP contribution < -0.4 is 0 Å². The Morgan fingerprint density at radius 2 is 2.15 bits per heavy atom. The maximum Gasteiger partial charge on any atom is 0.508 e. The normalized spacial score (nSPS) is 19.9. The number of carboxylic acid groups (broad SMARTS) is 1. The van der Waals surface area contributed by atoms with Gasteiger partial charge in [-0.05, 0) is 11.8 Å². The van der Waals surface area contributed by atoms with Crippen LogP contribution >= 0.6 is 0 Å². The van der Waals surface area contributed by atoms with Crippen molar-refractivity contribution in [2.45, 2.75) is 39.7 Å². The number of carbonyl (C=O) groups is 3. The van der Waals surface area contributed by atoms with Crippen molar-refractivity contribution in [3.05, 3.63) is 0 Å². The predicted molar refractivity (Wildman–Crippen MR) is 67.0 cm³/mol. The zero-order valence-corrected chi connectivity index (χ0v) is 11.9. The van der Waals surface area contributed by atoms with Gasteiger partial charge in [-0.25, -0.2) is 4.79 Å². The van der Waals surface area contributed by atoms with Gasteiger partial charge in [-0.2, -0.15) is 0 Å². The predicted octanol–water partition coefficient (Wildman–Crippen LogP) is 1.59. The summed E-state index contributed by atoms with van der Waals surface area (Å²) in [6, 6.07) is 0. The summed E-state index contributed by atoms with van der Waals surface area (Å²) in [7, 11) is 0. The number of rotatable bonds is 7. The maximum atomic E-state index is 11.7. The molecule has 1 aliphatic heterocycles. The highest BCUT2D eigenvalue weighted by Gasteiger charge is 2.30. The van der Waals surface area contributed by atoms with Gasteiger partial charge in [0.1, 0.15) is 13.2 Å². The third-order valence-corrected chi connectivity index (χ3v) is 2.98. The second kappa shape index (κ2) is 6.58. The molecule has 0 saturated carbocycles. The van der Waals surface area contributed by atoms with E-state index in [-0.39, 0.29) is 19.6 Å². The van der Waals surface area contributed by atoms with E-state index < -0.39 is 35.5 Å². The van der Waals surface area contributed by atoms with Gasteiger partial charge in [-0.3, -0.25) is 9.59 Å². The summed E-state index contributed by atoms with van der Waals surface area (Å²) < 4.78 is 14.3. The van der Waals surface area contributed by atoms with E-state index in [0.717, 1.165) is 0 Å². The van der Waals surface area contributed by atoms with E-state index in [1.807, 2.05) is 13.8 Å². The summed E-state index contributed by atoms with van der Waals surface area (Å²) in [5.74, 6) is -1.86. The van der Waals surface area contributed by atoms with Crippen LogP contribution in [-0.4, -0.2) is 42.5 Å². The summed E-state index contributed by atoms with van der Waals surface area (Å²) in [5, 5.41) is 8.87. The number of cyclic esters (lactones) is 2. The Kier molecular flexibility index (Phi) is 5.35. The summed E-state index contributed by atoms with van der Waals surface area (Å²) in [4.78, 5) is 33.2. The van der Waals surface area contributed by atoms with Gasteiger partial charge in [-0.1, -0.05) is 20.8 Å². The minimum Gasteiger partial charge on any atom is -0.481 e. The molecule has 0 aromatic carbocycles. The fraction of sp³-hybridized carbons (Fsp3) is 0.769. The van der Waals surface area contributed by atoms with Crippen LogP contribution in [0.2, 0.25) is 0 Å². The van der Waals surface area contributed by atoms with Crippen LogP contribution in [0.25, 0.3) is 0 Å². The molecule has 0 aromatic heterocycles. The number of aliphatic carboxylic acids is 1. The fourth-order valence-electron chi connectivity index (χ4n) is 2.06. The third kappa shape index (κ3) is 5.46. The Morgan fingerprint density at radius 1 is 1.50 bits per heavy atom. The monoisotopic (exact) mass is 288 g/mol. The molecule has 1 aliphatic rings. The topological polar surface area (TPSA) is 99.1 Å². The van der Waals surface area contributed by atoms with Gasteiger partial charge in [0.25, 0.3) is 0 Å². The van der Waals surface area contributed by atoms with Gasteiger partial charge in [0.2, 0.25) is 0 Å². The molecule has 2 atom stereocenters. The van der Waals surface area contributed by atoms with Crippen molar-refractivity contribution < 1.29 is 33.7 Å². The zero-order chi connectivity index (χ0) is 15.3. The van der Waals surface area contributed by atoms with E-state index in [1.54, 1.807) is 6.92 Å². The fourth-order valence-corrected chi connectivity index (χ4v) is 2.06. The third-order valence-electron chi connectivity index (χ3n) is 2.98. The molecule has 20 heavy (non-hydrogen) atoms. The van der Waals surface area contributed by atoms with Gasteiger partial charge in [0.05, 0.1) is 12.3 Å². The van der Waals surface area contributed by atoms with Gasteiger partial charge in [0.15, 0.2) is 6.10 Å². The number of ether oxygens (including phenoxy) is 3. The molecule has 0 bridgehead atoms. The smallest absolute Gasteiger partial charge is 0.481 e. The molecule has 1 fully saturated rings. The Morgan fingerprint density at radius 3 is 2.65 bits per heavy atom. The largest absolute Gasteiger partial charge is 0.508 e. The van der Waals surface area contributed by atoms with E-state index in [9.17, 15) is 14.4 Å². The average molecular weight is 288 g/mol. The second-order valence-corrected chi connectivity index (χ2v) is 5.77. The van der Waals surface area contributed by atoms with E-state index in [0.29, 0.717) is 6.42 Å². The van der Waals surface area contributed by atoms with Crippen LogP contribution in [0.5, 0.6) is 0 Å². The molecule has 0 radical (unpaired) electrons. The number of hydrogen-bond donors (Lipinski definition) is 1. The summed E-state index contributed by atoms with van der Waals surface area (Å²) in [6.07, 6.45) is -0.848. The molecule has 2 unspecified atom stereocenters. The minimum absolute atomic E-state index is 0.0465. The lowest BCUT2D eigenvalue weighted by Gasteiger charge is -2.25. The Bertz CT molecular complexity index is 388. The lowest BCUT2D eigenvalue weighted by Crippen LogP contribution is -2.27. The molecule has 1 N–H and O–H groups in total. The van der Waals surface area contributed by atoms with E-state index in [1.165, 1.54) is 0 Å². The summed E-state index contributed by atoms with van der Waals surface area (Å²) in [5.41, 5.74) is -0.474. The average Bonchev–Trinajstić information content (AvgIpc) is 2.71. The molecule has 0 amide bonds. The van der Waals surface area contributed by atoms with Crippen molar-refractivity contribution in [3.8, 4) is 0 Å². The second-order valence-electron chi connectivity index (χ2n) is 5.77. The molecule has 1 saturated heterocycles. The molecule has 0 spiro atoms. The lowest BCUT2D eigenvalue weighted by molar-refractivity contribution is -0.150. The van der Waals surface area contributed by atoms with Crippen molar-refractivity contribution in [3.63, 3.8) is 0 Å². The Labute approximate surface area is 117 Å². The quantitative estimate of drug-likeness (QED) is 0.710. The van der Waals surface area contributed by atoms with Crippen molar-refractivity contribution in [1.82, 2.24) is 0 Å². The molecule has 114 valence electrons. The summed E-state index contributed by atoms with van der Waals surface area (Å²) >= 11 is 0. The van der Waals surface area contributed by atoms with Crippen LogP contribution in [0.4, 0.5) is 4.79 Å². The molecular weight excluding hydrogens is 268 g/mol. The van der Waals surface area contributed by atoms with Gasteiger partial charge < -0.3 is 19.3 Å². The van der Waals surface area contributed by atoms with Gasteiger partial charge in [-0.15, -0.1) is 0 Å². The van der Waals surface area contributed by atoms with Crippen LogP contribution in [0.15, 0.2) is 0 Å². The van der Waals surface area contributed by atoms with Crippen LogP contribution in [-0.2, 0) is 23.8 Å². The highest BCUT2D eigenvalue weighted by Crippen LogP contribution is 2.29. The van der Waals surface area contributed by atoms with Crippen molar-refractivity contribution >= 4 is 18.1 Å². The van der Waals surface area contributed by atoms with Crippen molar-refractivity contribution in [2.24, 2.45) is 11.3 Å². The first-order chi connectivity index (χ1) is 9.19. The van der Waals surface area contributed by atoms with Gasteiger partial charge in [0, 0.05) is 0 Å². The molecule has 7 nitrogen and oxygen atoms in total. The molecule has 7 heteroatoms. The van der Waals surface area contributed by atoms with E-state index in [2.05, 4.69) is 4.74 Å². The number of hydrogen-bond acceptors (Lipinski definition) is 6. The number of carboxylic acids is 1. The lowest BCUT2D eigenvalue weighted by atomic mass is 9.80. The number of carbonyl (C=O) groups excluding carboxylic acids is 2. The first kappa shape index (κ1) is 16.3. The maximum absolute atomic E-state index is 11.7. The zero-order valence-electron chi connectivity index (χ0n) is 11.9.